The monoisotopic (exact) mass is 403 g/mol. The summed E-state index contributed by atoms with van der Waals surface area (Å²) in [5.74, 6) is -1.86. The molecule has 0 fully saturated rings. The van der Waals surface area contributed by atoms with Crippen LogP contribution in [0.15, 0.2) is 24.3 Å². The number of H-pyrrole nitrogens is 1. The van der Waals surface area contributed by atoms with Crippen molar-refractivity contribution in [3.8, 4) is 0 Å². The molecule has 2 aromatic rings. The van der Waals surface area contributed by atoms with Gasteiger partial charge in [-0.05, 0) is 37.1 Å². The van der Waals surface area contributed by atoms with Gasteiger partial charge >= 0.3 is 5.97 Å². The molecular weight excluding hydrogens is 378 g/mol. The van der Waals surface area contributed by atoms with Crippen LogP contribution >= 0.6 is 0 Å². The molecule has 1 unspecified atom stereocenters. The number of fused-ring (bicyclic) bond motifs is 1. The Morgan fingerprint density at radius 1 is 1.10 bits per heavy atom. The second kappa shape index (κ2) is 10.1. The molecular formula is C18H25N7O4. The van der Waals surface area contributed by atoms with Gasteiger partial charge in [0.2, 0.25) is 5.91 Å². The van der Waals surface area contributed by atoms with E-state index in [1.165, 1.54) is 6.07 Å². The SMILES string of the molecule is N=C(N)NCCCC(N)C(=O)NCCNC(=O)c1ccc2[nH]c(C(=O)O)cc2c1. The first-order valence-electron chi connectivity index (χ1n) is 9.03. The summed E-state index contributed by atoms with van der Waals surface area (Å²) in [7, 11) is 0. The van der Waals surface area contributed by atoms with E-state index in [2.05, 4.69) is 20.9 Å². The highest BCUT2D eigenvalue weighted by Gasteiger charge is 2.13. The molecule has 0 aliphatic heterocycles. The molecule has 0 spiro atoms. The molecule has 2 rings (SSSR count). The fraction of sp³-hybridized carbons (Fsp3) is 0.333. The Morgan fingerprint density at radius 3 is 2.52 bits per heavy atom. The Labute approximate surface area is 166 Å². The Morgan fingerprint density at radius 2 is 1.83 bits per heavy atom. The zero-order valence-electron chi connectivity index (χ0n) is 15.7. The summed E-state index contributed by atoms with van der Waals surface area (Å²) in [6.45, 7) is 0.903. The fourth-order valence-corrected chi connectivity index (χ4v) is 2.66. The third-order valence-electron chi connectivity index (χ3n) is 4.17. The molecule has 1 atom stereocenters. The van der Waals surface area contributed by atoms with Crippen molar-refractivity contribution in [3.05, 3.63) is 35.5 Å². The largest absolute Gasteiger partial charge is 0.477 e. The van der Waals surface area contributed by atoms with Crippen LogP contribution in [0, 0.1) is 5.41 Å². The van der Waals surface area contributed by atoms with Gasteiger partial charge in [0.1, 0.15) is 5.69 Å². The van der Waals surface area contributed by atoms with Crippen molar-refractivity contribution < 1.29 is 19.5 Å². The van der Waals surface area contributed by atoms with E-state index in [-0.39, 0.29) is 36.6 Å². The molecule has 1 heterocycles. The summed E-state index contributed by atoms with van der Waals surface area (Å²) < 4.78 is 0. The highest BCUT2D eigenvalue weighted by atomic mass is 16.4. The number of hydrogen-bond donors (Lipinski definition) is 8. The number of aromatic nitrogens is 1. The molecule has 11 heteroatoms. The zero-order valence-corrected chi connectivity index (χ0v) is 15.7. The second-order valence-corrected chi connectivity index (χ2v) is 6.43. The molecule has 0 radical (unpaired) electrons. The maximum Gasteiger partial charge on any atom is 0.352 e. The first-order valence-corrected chi connectivity index (χ1v) is 9.03. The molecule has 1 aromatic heterocycles. The van der Waals surface area contributed by atoms with Crippen LogP contribution in [0.5, 0.6) is 0 Å². The lowest BCUT2D eigenvalue weighted by Crippen LogP contribution is -2.44. The van der Waals surface area contributed by atoms with Gasteiger partial charge in [-0.1, -0.05) is 0 Å². The molecule has 11 nitrogen and oxygen atoms in total. The molecule has 29 heavy (non-hydrogen) atoms. The van der Waals surface area contributed by atoms with Gasteiger partial charge in [0, 0.05) is 36.1 Å². The van der Waals surface area contributed by atoms with Gasteiger partial charge in [-0.15, -0.1) is 0 Å². The Kier molecular flexibility index (Phi) is 7.54. The van der Waals surface area contributed by atoms with Crippen molar-refractivity contribution in [1.82, 2.24) is 20.9 Å². The quantitative estimate of drug-likeness (QED) is 0.146. The van der Waals surface area contributed by atoms with Gasteiger partial charge < -0.3 is 37.5 Å². The summed E-state index contributed by atoms with van der Waals surface area (Å²) in [6.07, 6.45) is 1.03. The molecule has 0 aliphatic rings. The number of benzene rings is 1. The Hall–Kier alpha value is -3.60. The molecule has 0 bridgehead atoms. The van der Waals surface area contributed by atoms with Crippen LogP contribution < -0.4 is 27.4 Å². The average Bonchev–Trinajstić information content (AvgIpc) is 3.11. The van der Waals surface area contributed by atoms with Crippen molar-refractivity contribution in [2.75, 3.05) is 19.6 Å². The van der Waals surface area contributed by atoms with Gasteiger partial charge in [0.05, 0.1) is 6.04 Å². The summed E-state index contributed by atoms with van der Waals surface area (Å²) in [6, 6.07) is 5.60. The summed E-state index contributed by atoms with van der Waals surface area (Å²) in [4.78, 5) is 37.9. The number of aromatic carboxylic acids is 1. The smallest absolute Gasteiger partial charge is 0.352 e. The number of nitrogens with one attached hydrogen (secondary N) is 5. The van der Waals surface area contributed by atoms with E-state index in [1.54, 1.807) is 18.2 Å². The molecule has 156 valence electrons. The molecule has 2 amide bonds. The number of carboxylic acid groups (broad SMARTS) is 1. The van der Waals surface area contributed by atoms with Gasteiger partial charge in [-0.25, -0.2) is 4.79 Å². The van der Waals surface area contributed by atoms with E-state index < -0.39 is 12.0 Å². The zero-order chi connectivity index (χ0) is 21.4. The number of hydrogen-bond acceptors (Lipinski definition) is 5. The third kappa shape index (κ3) is 6.50. The number of carboxylic acids is 1. The van der Waals surface area contributed by atoms with Crippen molar-refractivity contribution in [2.45, 2.75) is 18.9 Å². The van der Waals surface area contributed by atoms with Crippen LogP contribution in [0.1, 0.15) is 33.7 Å². The first-order chi connectivity index (χ1) is 13.8. The molecule has 0 aliphatic carbocycles. The van der Waals surface area contributed by atoms with E-state index in [0.29, 0.717) is 35.9 Å². The van der Waals surface area contributed by atoms with E-state index in [0.717, 1.165) is 0 Å². The average molecular weight is 403 g/mol. The van der Waals surface area contributed by atoms with Crippen molar-refractivity contribution in [3.63, 3.8) is 0 Å². The van der Waals surface area contributed by atoms with E-state index in [4.69, 9.17) is 22.0 Å². The number of aromatic amines is 1. The summed E-state index contributed by atoms with van der Waals surface area (Å²) in [5, 5.41) is 24.6. The third-order valence-corrected chi connectivity index (χ3v) is 4.17. The summed E-state index contributed by atoms with van der Waals surface area (Å²) >= 11 is 0. The van der Waals surface area contributed by atoms with Crippen LogP contribution in [0.4, 0.5) is 0 Å². The highest BCUT2D eigenvalue weighted by Crippen LogP contribution is 2.17. The fourth-order valence-electron chi connectivity index (χ4n) is 2.66. The standard InChI is InChI=1S/C18H25N7O4/c19-12(2-1-5-24-18(20)21)16(27)23-7-6-22-15(26)10-3-4-13-11(8-10)9-14(25-13)17(28)29/h3-4,8-9,12,25H,1-2,5-7,19H2,(H,22,26)(H,23,27)(H,28,29)(H4,20,21,24). The van der Waals surface area contributed by atoms with E-state index in [1.807, 2.05) is 0 Å². The minimum Gasteiger partial charge on any atom is -0.477 e. The van der Waals surface area contributed by atoms with Crippen molar-refractivity contribution >= 4 is 34.6 Å². The van der Waals surface area contributed by atoms with Gasteiger partial charge in [-0.3, -0.25) is 15.0 Å². The van der Waals surface area contributed by atoms with Crippen LogP contribution in [0.25, 0.3) is 10.9 Å². The van der Waals surface area contributed by atoms with Gasteiger partial charge in [0.15, 0.2) is 5.96 Å². The van der Waals surface area contributed by atoms with E-state index in [9.17, 15) is 14.4 Å². The van der Waals surface area contributed by atoms with Crippen LogP contribution in [0.2, 0.25) is 0 Å². The van der Waals surface area contributed by atoms with E-state index >= 15 is 0 Å². The molecule has 0 saturated heterocycles. The number of amides is 2. The number of guanidine groups is 1. The van der Waals surface area contributed by atoms with Crippen molar-refractivity contribution in [1.29, 1.82) is 5.41 Å². The highest BCUT2D eigenvalue weighted by molar-refractivity contribution is 6.00. The van der Waals surface area contributed by atoms with Gasteiger partial charge in [-0.2, -0.15) is 0 Å². The van der Waals surface area contributed by atoms with Crippen LogP contribution in [-0.2, 0) is 4.79 Å². The topological polar surface area (TPSA) is 199 Å². The molecule has 0 saturated carbocycles. The van der Waals surface area contributed by atoms with Gasteiger partial charge in [0.25, 0.3) is 5.91 Å². The normalized spacial score (nSPS) is 11.6. The Balaban J connectivity index is 1.73. The number of carbonyl (C=O) groups excluding carboxylic acids is 2. The lowest BCUT2D eigenvalue weighted by molar-refractivity contribution is -0.122. The maximum atomic E-state index is 12.2. The minimum absolute atomic E-state index is 0.0497. The lowest BCUT2D eigenvalue weighted by atomic mass is 10.1. The predicted molar refractivity (Wildman–Crippen MR) is 108 cm³/mol. The van der Waals surface area contributed by atoms with Crippen LogP contribution in [0.3, 0.4) is 0 Å². The summed E-state index contributed by atoms with van der Waals surface area (Å²) in [5.41, 5.74) is 12.0. The number of rotatable bonds is 10. The van der Waals surface area contributed by atoms with Crippen molar-refractivity contribution in [2.24, 2.45) is 11.5 Å². The first kappa shape index (κ1) is 21.7. The Bertz CT molecular complexity index is 909. The number of nitrogens with two attached hydrogens (primary N) is 2. The second-order valence-electron chi connectivity index (χ2n) is 6.43. The molecule has 1 aromatic carbocycles. The van der Waals surface area contributed by atoms with Crippen LogP contribution in [-0.4, -0.2) is 59.5 Å². The maximum absolute atomic E-state index is 12.2. The predicted octanol–water partition coefficient (Wildman–Crippen LogP) is -0.697. The number of carbonyl (C=O) groups is 3. The lowest BCUT2D eigenvalue weighted by Gasteiger charge is -2.13. The minimum atomic E-state index is -1.07. The molecule has 10 N–H and O–H groups in total.